The van der Waals surface area contributed by atoms with E-state index in [4.69, 9.17) is 4.74 Å². The van der Waals surface area contributed by atoms with Gasteiger partial charge in [-0.1, -0.05) is 30.3 Å². The van der Waals surface area contributed by atoms with E-state index in [0.717, 1.165) is 37.9 Å². The van der Waals surface area contributed by atoms with Gasteiger partial charge in [0, 0.05) is 38.6 Å². The summed E-state index contributed by atoms with van der Waals surface area (Å²) in [6, 6.07) is 9.26. The van der Waals surface area contributed by atoms with Crippen LogP contribution in [-0.2, 0) is 14.3 Å². The van der Waals surface area contributed by atoms with E-state index < -0.39 is 11.9 Å². The molecule has 0 radical (unpaired) electrons. The van der Waals surface area contributed by atoms with Crippen molar-refractivity contribution >= 4 is 17.9 Å². The van der Waals surface area contributed by atoms with Crippen LogP contribution in [0.4, 0.5) is 4.79 Å². The third-order valence-electron chi connectivity index (χ3n) is 7.57. The maximum atomic E-state index is 13.5. The molecular weight excluding hydrogens is 436 g/mol. The Hall–Kier alpha value is -2.65. The molecule has 1 aliphatic carbocycles. The number of nitrogens with one attached hydrogen (secondary N) is 1. The van der Waals surface area contributed by atoms with E-state index in [1.807, 2.05) is 37.4 Å². The Morgan fingerprint density at radius 2 is 1.71 bits per heavy atom. The second kappa shape index (κ2) is 11.2. The summed E-state index contributed by atoms with van der Waals surface area (Å²) in [6.07, 6.45) is 3.39. The van der Waals surface area contributed by atoms with Gasteiger partial charge in [-0.05, 0) is 57.1 Å². The van der Waals surface area contributed by atoms with Gasteiger partial charge in [-0.15, -0.1) is 0 Å². The van der Waals surface area contributed by atoms with Gasteiger partial charge in [-0.3, -0.25) is 14.8 Å². The third-order valence-corrected chi connectivity index (χ3v) is 7.57. The lowest BCUT2D eigenvalue weighted by molar-refractivity contribution is -0.150. The lowest BCUT2D eigenvalue weighted by atomic mass is 9.82. The zero-order valence-corrected chi connectivity index (χ0v) is 19.9. The number of hydrogen-bond acceptors (Lipinski definition) is 6. The number of nitrogens with zero attached hydrogens (tertiary/aromatic N) is 3. The molecule has 3 amide bonds. The normalized spacial score (nSPS) is 28.3. The Morgan fingerprint density at radius 3 is 2.41 bits per heavy atom. The number of carbonyl (C=O) groups is 3. The van der Waals surface area contributed by atoms with Crippen LogP contribution in [-0.4, -0.2) is 89.7 Å². The van der Waals surface area contributed by atoms with Crippen LogP contribution in [0, 0.1) is 5.92 Å². The minimum Gasteiger partial charge on any atom is -0.446 e. The molecule has 0 bridgehead atoms. The second-order valence-electron chi connectivity index (χ2n) is 9.82. The Bertz CT molecular complexity index is 858. The number of piperidine rings is 1. The maximum absolute atomic E-state index is 13.5. The number of ether oxygens (including phenoxy) is 1. The van der Waals surface area contributed by atoms with Crippen molar-refractivity contribution in [3.63, 3.8) is 0 Å². The highest BCUT2D eigenvalue weighted by atomic mass is 16.6. The molecule has 4 rings (SSSR count). The summed E-state index contributed by atoms with van der Waals surface area (Å²) in [6.45, 7) is 3.42. The lowest BCUT2D eigenvalue weighted by Crippen LogP contribution is -2.55. The van der Waals surface area contributed by atoms with E-state index in [2.05, 4.69) is 4.90 Å². The summed E-state index contributed by atoms with van der Waals surface area (Å²) in [7, 11) is 2.03. The lowest BCUT2D eigenvalue weighted by Gasteiger charge is -2.41. The average Bonchev–Trinajstić information content (AvgIpc) is 2.88. The Labute approximate surface area is 201 Å². The molecule has 2 saturated heterocycles. The summed E-state index contributed by atoms with van der Waals surface area (Å²) >= 11 is 0. The van der Waals surface area contributed by atoms with Crippen LogP contribution in [0.1, 0.15) is 50.0 Å². The monoisotopic (exact) mass is 472 g/mol. The topological polar surface area (TPSA) is 102 Å². The van der Waals surface area contributed by atoms with Gasteiger partial charge >= 0.3 is 6.09 Å². The van der Waals surface area contributed by atoms with Gasteiger partial charge in [0.15, 0.2) is 0 Å². The van der Waals surface area contributed by atoms with Crippen LogP contribution in [0.15, 0.2) is 30.3 Å². The quantitative estimate of drug-likeness (QED) is 0.515. The Balaban J connectivity index is 1.37. The predicted octanol–water partition coefficient (Wildman–Crippen LogP) is 2.21. The molecule has 4 unspecified atom stereocenters. The molecule has 2 aliphatic heterocycles. The van der Waals surface area contributed by atoms with E-state index in [9.17, 15) is 19.6 Å². The summed E-state index contributed by atoms with van der Waals surface area (Å²) < 4.78 is 5.78. The molecule has 3 aliphatic rings. The van der Waals surface area contributed by atoms with Crippen molar-refractivity contribution in [2.24, 2.45) is 5.92 Å². The summed E-state index contributed by atoms with van der Waals surface area (Å²) in [5.74, 6) is -0.777. The molecule has 2 N–H and O–H groups in total. The number of likely N-dealkylation sites (N-methyl/N-ethyl adjacent to an activating group) is 1. The van der Waals surface area contributed by atoms with Crippen molar-refractivity contribution in [3.05, 3.63) is 35.9 Å². The number of benzene rings is 1. The predicted molar refractivity (Wildman–Crippen MR) is 125 cm³/mol. The number of hydrogen-bond donors (Lipinski definition) is 2. The van der Waals surface area contributed by atoms with Crippen LogP contribution >= 0.6 is 0 Å². The van der Waals surface area contributed by atoms with Crippen molar-refractivity contribution in [1.29, 1.82) is 0 Å². The van der Waals surface area contributed by atoms with E-state index in [1.165, 1.54) is 0 Å². The molecule has 4 atom stereocenters. The van der Waals surface area contributed by atoms with Gasteiger partial charge < -0.3 is 19.4 Å². The highest BCUT2D eigenvalue weighted by Gasteiger charge is 2.40. The largest absolute Gasteiger partial charge is 0.446 e. The zero-order chi connectivity index (χ0) is 24.1. The van der Waals surface area contributed by atoms with E-state index in [1.54, 1.807) is 15.3 Å². The van der Waals surface area contributed by atoms with Crippen LogP contribution in [0.25, 0.3) is 0 Å². The van der Waals surface area contributed by atoms with Gasteiger partial charge in [0.25, 0.3) is 5.91 Å². The fourth-order valence-electron chi connectivity index (χ4n) is 5.50. The maximum Gasteiger partial charge on any atom is 0.410 e. The SMILES string of the molecule is CN1CCN(C(=O)OC2CCCC(C(=O)N3CCC(c4ccccc4)CC3C(=O)NO)C2)CC1. The molecule has 1 saturated carbocycles. The molecule has 3 fully saturated rings. The van der Waals surface area contributed by atoms with E-state index in [-0.39, 0.29) is 29.9 Å². The van der Waals surface area contributed by atoms with Crippen molar-refractivity contribution in [2.75, 3.05) is 39.8 Å². The number of carbonyl (C=O) groups excluding carboxylic acids is 3. The minimum atomic E-state index is -0.718. The standard InChI is InChI=1S/C25H36N4O5/c1-27-12-14-28(15-13-27)25(32)34-21-9-5-8-20(16-21)24(31)29-11-10-19(17-22(29)23(30)26-33)18-6-3-2-4-7-18/h2-4,6-7,19-22,33H,5,8-17H2,1H3,(H,26,30). The van der Waals surface area contributed by atoms with Crippen LogP contribution in [0.3, 0.4) is 0 Å². The molecular formula is C25H36N4O5. The second-order valence-corrected chi connectivity index (χ2v) is 9.82. The van der Waals surface area contributed by atoms with Crippen LogP contribution < -0.4 is 5.48 Å². The molecule has 0 aromatic heterocycles. The first-order valence-corrected chi connectivity index (χ1v) is 12.4. The highest BCUT2D eigenvalue weighted by molar-refractivity contribution is 5.88. The molecule has 9 heteroatoms. The molecule has 1 aromatic carbocycles. The zero-order valence-electron chi connectivity index (χ0n) is 19.9. The van der Waals surface area contributed by atoms with Crippen LogP contribution in [0.2, 0.25) is 0 Å². The van der Waals surface area contributed by atoms with E-state index in [0.29, 0.717) is 38.9 Å². The van der Waals surface area contributed by atoms with Gasteiger partial charge in [0.05, 0.1) is 0 Å². The fourth-order valence-corrected chi connectivity index (χ4v) is 5.50. The smallest absolute Gasteiger partial charge is 0.410 e. The first-order valence-electron chi connectivity index (χ1n) is 12.4. The van der Waals surface area contributed by atoms with Gasteiger partial charge in [0.2, 0.25) is 5.91 Å². The summed E-state index contributed by atoms with van der Waals surface area (Å²) in [5.41, 5.74) is 2.90. The van der Waals surface area contributed by atoms with Gasteiger partial charge in [0.1, 0.15) is 12.1 Å². The molecule has 2 heterocycles. The minimum absolute atomic E-state index is 0.0829. The molecule has 9 nitrogen and oxygen atoms in total. The molecule has 0 spiro atoms. The number of hydroxylamine groups is 1. The van der Waals surface area contributed by atoms with Crippen molar-refractivity contribution < 1.29 is 24.3 Å². The van der Waals surface area contributed by atoms with Crippen molar-refractivity contribution in [1.82, 2.24) is 20.2 Å². The van der Waals surface area contributed by atoms with Crippen molar-refractivity contribution in [3.8, 4) is 0 Å². The molecule has 34 heavy (non-hydrogen) atoms. The number of rotatable bonds is 4. The van der Waals surface area contributed by atoms with E-state index >= 15 is 0 Å². The average molecular weight is 473 g/mol. The Kier molecular flexibility index (Phi) is 8.05. The van der Waals surface area contributed by atoms with Gasteiger partial charge in [-0.25, -0.2) is 10.3 Å². The van der Waals surface area contributed by atoms with Gasteiger partial charge in [-0.2, -0.15) is 0 Å². The fraction of sp³-hybridized carbons (Fsp3) is 0.640. The number of likely N-dealkylation sites (tertiary alicyclic amines) is 1. The first kappa shape index (κ1) is 24.5. The highest BCUT2D eigenvalue weighted by Crippen LogP contribution is 2.35. The first-order chi connectivity index (χ1) is 16.5. The third kappa shape index (κ3) is 5.70. The number of piperazine rings is 1. The van der Waals surface area contributed by atoms with Crippen molar-refractivity contribution in [2.45, 2.75) is 56.6 Å². The van der Waals surface area contributed by atoms with Crippen LogP contribution in [0.5, 0.6) is 0 Å². The summed E-state index contributed by atoms with van der Waals surface area (Å²) in [5, 5.41) is 9.33. The Morgan fingerprint density at radius 1 is 0.971 bits per heavy atom. The number of amides is 3. The molecule has 186 valence electrons. The summed E-state index contributed by atoms with van der Waals surface area (Å²) in [4.78, 5) is 44.2. The molecule has 1 aromatic rings.